The van der Waals surface area contributed by atoms with Gasteiger partial charge in [0, 0.05) is 25.5 Å². The molecule has 0 N–H and O–H groups in total. The van der Waals surface area contributed by atoms with Gasteiger partial charge >= 0.3 is 0 Å². The van der Waals surface area contributed by atoms with Crippen LogP contribution in [0.3, 0.4) is 0 Å². The van der Waals surface area contributed by atoms with Crippen LogP contribution >= 0.6 is 11.6 Å². The Kier molecular flexibility index (Phi) is 4.05. The van der Waals surface area contributed by atoms with Crippen LogP contribution in [0.15, 0.2) is 24.3 Å². The lowest BCUT2D eigenvalue weighted by molar-refractivity contribution is -0.117. The number of carbonyl (C=O) groups is 1. The third-order valence-electron chi connectivity index (χ3n) is 3.29. The fourth-order valence-corrected chi connectivity index (χ4v) is 2.40. The Bertz CT molecular complexity index is 617. The average molecular weight is 277 g/mol. The molecule has 0 bridgehead atoms. The first-order valence-corrected chi connectivity index (χ1v) is 6.61. The van der Waals surface area contributed by atoms with E-state index in [1.165, 1.54) is 0 Å². The van der Waals surface area contributed by atoms with E-state index in [9.17, 15) is 4.79 Å². The van der Waals surface area contributed by atoms with Crippen LogP contribution in [0.5, 0.6) is 0 Å². The van der Waals surface area contributed by atoms with Crippen LogP contribution in [-0.2, 0) is 24.7 Å². The summed E-state index contributed by atoms with van der Waals surface area (Å²) in [5, 5.41) is 4.77. The summed E-state index contributed by atoms with van der Waals surface area (Å²) in [4.78, 5) is 12.2. The van der Waals surface area contributed by atoms with Crippen LogP contribution in [-0.4, -0.2) is 15.6 Å². The molecule has 100 valence electrons. The molecule has 0 amide bonds. The second kappa shape index (κ2) is 5.57. The van der Waals surface area contributed by atoms with E-state index in [1.54, 1.807) is 11.7 Å². The Morgan fingerprint density at radius 2 is 1.95 bits per heavy atom. The van der Waals surface area contributed by atoms with Crippen molar-refractivity contribution in [2.45, 2.75) is 26.7 Å². The summed E-state index contributed by atoms with van der Waals surface area (Å²) in [6.45, 7) is 3.90. The molecule has 3 nitrogen and oxygen atoms in total. The number of aryl methyl sites for hydroxylation is 3. The summed E-state index contributed by atoms with van der Waals surface area (Å²) in [7, 11) is 1.78. The first-order chi connectivity index (χ1) is 8.99. The maximum atomic E-state index is 12.2. The molecule has 0 aliphatic heterocycles. The number of rotatable bonds is 4. The zero-order valence-corrected chi connectivity index (χ0v) is 12.2. The topological polar surface area (TPSA) is 34.9 Å². The highest BCUT2D eigenvalue weighted by molar-refractivity contribution is 6.30. The second-order valence-corrected chi connectivity index (χ2v) is 5.16. The molecule has 19 heavy (non-hydrogen) atoms. The lowest BCUT2D eigenvalue weighted by Crippen LogP contribution is -2.08. The van der Waals surface area contributed by atoms with Crippen molar-refractivity contribution in [1.82, 2.24) is 9.78 Å². The Hall–Kier alpha value is -1.61. The summed E-state index contributed by atoms with van der Waals surface area (Å²) in [5.41, 5.74) is 3.88. The van der Waals surface area contributed by atoms with Crippen LogP contribution in [0.25, 0.3) is 0 Å². The highest BCUT2D eigenvalue weighted by Gasteiger charge is 2.15. The van der Waals surface area contributed by atoms with Crippen LogP contribution in [0.4, 0.5) is 0 Å². The number of nitrogens with zero attached hydrogens (tertiary/aromatic N) is 2. The first-order valence-electron chi connectivity index (χ1n) is 6.23. The monoisotopic (exact) mass is 276 g/mol. The fourth-order valence-electron chi connectivity index (χ4n) is 2.16. The molecule has 2 rings (SSSR count). The van der Waals surface area contributed by atoms with Crippen molar-refractivity contribution in [2.24, 2.45) is 7.05 Å². The largest absolute Gasteiger partial charge is 0.299 e. The molecule has 1 aromatic carbocycles. The molecule has 4 heteroatoms. The standard InChI is InChI=1S/C15H17ClN2O/c1-10-6-4-5-7-12(10)8-13(19)9-14-11(2)17-18(3)15(14)16/h4-7H,8-9H2,1-3H3. The fraction of sp³-hybridized carbons (Fsp3) is 0.333. The molecular formula is C15H17ClN2O. The molecule has 2 aromatic rings. The van der Waals surface area contributed by atoms with Crippen LogP contribution in [0, 0.1) is 13.8 Å². The Morgan fingerprint density at radius 1 is 1.26 bits per heavy atom. The molecule has 0 saturated carbocycles. The molecule has 0 atom stereocenters. The number of halogens is 1. The number of carbonyl (C=O) groups excluding carboxylic acids is 1. The van der Waals surface area contributed by atoms with Gasteiger partial charge in [0.25, 0.3) is 0 Å². The molecule has 1 aromatic heterocycles. The first kappa shape index (κ1) is 13.8. The highest BCUT2D eigenvalue weighted by atomic mass is 35.5. The van der Waals surface area contributed by atoms with Gasteiger partial charge in [0.15, 0.2) is 0 Å². The SMILES string of the molecule is Cc1ccccc1CC(=O)Cc1c(C)nn(C)c1Cl. The second-order valence-electron chi connectivity index (χ2n) is 4.80. The summed E-state index contributed by atoms with van der Waals surface area (Å²) < 4.78 is 1.60. The van der Waals surface area contributed by atoms with E-state index in [0.717, 1.165) is 22.4 Å². The van der Waals surface area contributed by atoms with E-state index in [1.807, 2.05) is 38.1 Å². The van der Waals surface area contributed by atoms with Gasteiger partial charge in [-0.3, -0.25) is 9.48 Å². The third kappa shape index (κ3) is 3.04. The quantitative estimate of drug-likeness (QED) is 0.860. The number of hydrogen-bond donors (Lipinski definition) is 0. The third-order valence-corrected chi connectivity index (χ3v) is 3.77. The molecule has 0 spiro atoms. The zero-order valence-electron chi connectivity index (χ0n) is 11.4. The van der Waals surface area contributed by atoms with Crippen molar-refractivity contribution < 1.29 is 4.79 Å². The van der Waals surface area contributed by atoms with Gasteiger partial charge in [0.1, 0.15) is 10.9 Å². The van der Waals surface area contributed by atoms with E-state index < -0.39 is 0 Å². The molecule has 1 heterocycles. The van der Waals surface area contributed by atoms with Gasteiger partial charge in [-0.05, 0) is 25.0 Å². The van der Waals surface area contributed by atoms with E-state index >= 15 is 0 Å². The van der Waals surface area contributed by atoms with E-state index in [4.69, 9.17) is 11.6 Å². The van der Waals surface area contributed by atoms with Gasteiger partial charge in [0.05, 0.1) is 5.69 Å². The smallest absolute Gasteiger partial charge is 0.141 e. The number of benzene rings is 1. The maximum absolute atomic E-state index is 12.2. The molecule has 0 saturated heterocycles. The van der Waals surface area contributed by atoms with Gasteiger partial charge in [-0.2, -0.15) is 5.10 Å². The average Bonchev–Trinajstić information content (AvgIpc) is 2.59. The Labute approximate surface area is 118 Å². The minimum atomic E-state index is 0.160. The molecule has 0 unspecified atom stereocenters. The summed E-state index contributed by atoms with van der Waals surface area (Å²) in [6, 6.07) is 7.94. The van der Waals surface area contributed by atoms with Crippen molar-refractivity contribution in [3.63, 3.8) is 0 Å². The predicted octanol–water partition coefficient (Wildman–Crippen LogP) is 3.04. The van der Waals surface area contributed by atoms with Crippen molar-refractivity contribution in [3.05, 3.63) is 51.8 Å². The predicted molar refractivity (Wildman–Crippen MR) is 76.5 cm³/mol. The van der Waals surface area contributed by atoms with Crippen LogP contribution in [0.1, 0.15) is 22.4 Å². The summed E-state index contributed by atoms with van der Waals surface area (Å²) >= 11 is 6.14. The highest BCUT2D eigenvalue weighted by Crippen LogP contribution is 2.20. The molecule has 0 radical (unpaired) electrons. The lowest BCUT2D eigenvalue weighted by atomic mass is 10.00. The van der Waals surface area contributed by atoms with Crippen molar-refractivity contribution in [1.29, 1.82) is 0 Å². The van der Waals surface area contributed by atoms with Crippen LogP contribution in [0.2, 0.25) is 5.15 Å². The van der Waals surface area contributed by atoms with Gasteiger partial charge in [0.2, 0.25) is 0 Å². The number of Topliss-reactive ketones (excluding diaryl/α,β-unsaturated/α-hetero) is 1. The zero-order chi connectivity index (χ0) is 14.0. The Balaban J connectivity index is 2.12. The van der Waals surface area contributed by atoms with E-state index in [-0.39, 0.29) is 5.78 Å². The van der Waals surface area contributed by atoms with E-state index in [2.05, 4.69) is 5.10 Å². The van der Waals surface area contributed by atoms with Gasteiger partial charge < -0.3 is 0 Å². The van der Waals surface area contributed by atoms with Crippen molar-refractivity contribution in [2.75, 3.05) is 0 Å². The van der Waals surface area contributed by atoms with Gasteiger partial charge in [-0.25, -0.2) is 0 Å². The molecule has 0 fully saturated rings. The van der Waals surface area contributed by atoms with E-state index in [0.29, 0.717) is 18.0 Å². The number of aromatic nitrogens is 2. The van der Waals surface area contributed by atoms with Crippen molar-refractivity contribution in [3.8, 4) is 0 Å². The van der Waals surface area contributed by atoms with Gasteiger partial charge in [-0.15, -0.1) is 0 Å². The Morgan fingerprint density at radius 3 is 2.53 bits per heavy atom. The van der Waals surface area contributed by atoms with Crippen LogP contribution < -0.4 is 0 Å². The van der Waals surface area contributed by atoms with Crippen molar-refractivity contribution >= 4 is 17.4 Å². The summed E-state index contributed by atoms with van der Waals surface area (Å²) in [6.07, 6.45) is 0.782. The minimum absolute atomic E-state index is 0.160. The lowest BCUT2D eigenvalue weighted by Gasteiger charge is -2.05. The maximum Gasteiger partial charge on any atom is 0.141 e. The number of ketones is 1. The normalized spacial score (nSPS) is 10.7. The van der Waals surface area contributed by atoms with Gasteiger partial charge in [-0.1, -0.05) is 35.9 Å². The molecular weight excluding hydrogens is 260 g/mol. The molecule has 0 aliphatic rings. The molecule has 0 aliphatic carbocycles. The minimum Gasteiger partial charge on any atom is -0.299 e. The number of hydrogen-bond acceptors (Lipinski definition) is 2. The summed E-state index contributed by atoms with van der Waals surface area (Å²) in [5.74, 6) is 0.160.